The van der Waals surface area contributed by atoms with E-state index in [4.69, 9.17) is 52.1 Å². The zero-order valence-corrected chi connectivity index (χ0v) is 35.6. The van der Waals surface area contributed by atoms with Crippen molar-refractivity contribution in [2.45, 2.75) is 141 Å². The third-order valence-electron chi connectivity index (χ3n) is 9.10. The summed E-state index contributed by atoms with van der Waals surface area (Å²) in [5.74, 6) is 0. The molecule has 0 aromatic rings. The maximum absolute atomic E-state index is 5.76. The van der Waals surface area contributed by atoms with Crippen molar-refractivity contribution in [2.75, 3.05) is 145 Å². The molecule has 11 heteroatoms. The highest BCUT2D eigenvalue weighted by molar-refractivity contribution is 4.48. The van der Waals surface area contributed by atoms with Crippen molar-refractivity contribution in [1.82, 2.24) is 0 Å². The predicted octanol–water partition coefficient (Wildman–Crippen LogP) is 8.76. The van der Waals surface area contributed by atoms with Crippen LogP contribution in [0.4, 0.5) is 0 Å². The van der Waals surface area contributed by atoms with Gasteiger partial charge in [0.05, 0.1) is 0 Å². The van der Waals surface area contributed by atoms with Crippen molar-refractivity contribution in [2.24, 2.45) is 0 Å². The fourth-order valence-electron chi connectivity index (χ4n) is 5.61. The third-order valence-corrected chi connectivity index (χ3v) is 9.10. The lowest BCUT2D eigenvalue weighted by Gasteiger charge is -2.08. The Balaban J connectivity index is 2.00. The Hall–Kier alpha value is -0.440. The van der Waals surface area contributed by atoms with Crippen LogP contribution in [0.5, 0.6) is 0 Å². The summed E-state index contributed by atoms with van der Waals surface area (Å²) in [7, 11) is 0. The maximum atomic E-state index is 5.76. The van der Waals surface area contributed by atoms with E-state index in [1.54, 1.807) is 0 Å². The van der Waals surface area contributed by atoms with E-state index < -0.39 is 0 Å². The van der Waals surface area contributed by atoms with Crippen LogP contribution >= 0.6 is 0 Å². The van der Waals surface area contributed by atoms with Crippen LogP contribution < -0.4 is 0 Å². The lowest BCUT2D eigenvalue weighted by Crippen LogP contribution is -2.05. The van der Waals surface area contributed by atoms with Gasteiger partial charge in [-0.3, -0.25) is 0 Å². The van der Waals surface area contributed by atoms with Crippen LogP contribution in [0.1, 0.15) is 141 Å². The molecule has 1 saturated heterocycles. The second-order valence-corrected chi connectivity index (χ2v) is 14.5. The van der Waals surface area contributed by atoms with Crippen LogP contribution in [0.15, 0.2) is 0 Å². The van der Waals surface area contributed by atoms with Gasteiger partial charge in [0.1, 0.15) is 0 Å². The number of rotatable bonds is 0. The SMILES string of the molecule is C1CCOCCCCOCCCCOCCCCOCCCCOCCCCOCCCCOCCCCOCCCCOCCCCOCCCCOC1. The van der Waals surface area contributed by atoms with Crippen molar-refractivity contribution in [3.05, 3.63) is 0 Å². The summed E-state index contributed by atoms with van der Waals surface area (Å²) in [6.45, 7) is 17.9. The van der Waals surface area contributed by atoms with E-state index in [1.165, 1.54) is 0 Å². The van der Waals surface area contributed by atoms with E-state index in [9.17, 15) is 0 Å². The molecule has 0 amide bonds. The second-order valence-electron chi connectivity index (χ2n) is 14.5. The maximum Gasteiger partial charge on any atom is 0.0466 e. The first kappa shape index (κ1) is 52.6. The van der Waals surface area contributed by atoms with E-state index in [1.807, 2.05) is 0 Å². The fourth-order valence-corrected chi connectivity index (χ4v) is 5.61. The normalized spacial score (nSPS) is 24.0. The third kappa shape index (κ3) is 47.8. The van der Waals surface area contributed by atoms with Crippen molar-refractivity contribution >= 4 is 0 Å². The average Bonchev–Trinajstić information content (AvgIpc) is 3.20. The number of hydrogen-bond donors (Lipinski definition) is 0. The molecular weight excluding hydrogens is 704 g/mol. The summed E-state index contributed by atoms with van der Waals surface area (Å²) in [5, 5.41) is 0. The first-order valence-corrected chi connectivity index (χ1v) is 22.9. The molecule has 55 heavy (non-hydrogen) atoms. The topological polar surface area (TPSA) is 102 Å². The highest BCUT2D eigenvalue weighted by Gasteiger charge is 1.99. The molecule has 1 aliphatic heterocycles. The smallest absolute Gasteiger partial charge is 0.0466 e. The highest BCUT2D eigenvalue weighted by atomic mass is 16.5. The monoisotopic (exact) mass is 793 g/mol. The fraction of sp³-hybridized carbons (Fsp3) is 1.00. The first-order chi connectivity index (χ1) is 27.5. The van der Waals surface area contributed by atoms with Gasteiger partial charge in [-0.1, -0.05) is 0 Å². The van der Waals surface area contributed by atoms with E-state index in [-0.39, 0.29) is 0 Å². The number of ether oxygens (including phenoxy) is 11. The van der Waals surface area contributed by atoms with Crippen LogP contribution in [-0.2, 0) is 52.1 Å². The van der Waals surface area contributed by atoms with Crippen LogP contribution in [0, 0.1) is 0 Å². The van der Waals surface area contributed by atoms with Gasteiger partial charge in [-0.2, -0.15) is 0 Å². The van der Waals surface area contributed by atoms with Crippen molar-refractivity contribution in [1.29, 1.82) is 0 Å². The molecule has 0 N–H and O–H groups in total. The van der Waals surface area contributed by atoms with Gasteiger partial charge in [-0.15, -0.1) is 0 Å². The molecule has 0 aliphatic carbocycles. The molecule has 1 heterocycles. The molecule has 0 saturated carbocycles. The molecule has 0 radical (unpaired) electrons. The minimum Gasteiger partial charge on any atom is -0.381 e. The van der Waals surface area contributed by atoms with Gasteiger partial charge in [0.2, 0.25) is 0 Å². The minimum absolute atomic E-state index is 0.814. The predicted molar refractivity (Wildman–Crippen MR) is 221 cm³/mol. The van der Waals surface area contributed by atoms with Gasteiger partial charge in [0.15, 0.2) is 0 Å². The van der Waals surface area contributed by atoms with Gasteiger partial charge >= 0.3 is 0 Å². The Morgan fingerprint density at radius 2 is 0.145 bits per heavy atom. The molecule has 0 unspecified atom stereocenters. The van der Waals surface area contributed by atoms with E-state index in [0.717, 1.165) is 287 Å². The summed E-state index contributed by atoms with van der Waals surface area (Å²) >= 11 is 0. The van der Waals surface area contributed by atoms with Gasteiger partial charge in [-0.05, 0) is 141 Å². The van der Waals surface area contributed by atoms with Crippen LogP contribution in [0.3, 0.4) is 0 Å². The van der Waals surface area contributed by atoms with E-state index >= 15 is 0 Å². The Morgan fingerprint density at radius 3 is 0.200 bits per heavy atom. The minimum atomic E-state index is 0.814. The van der Waals surface area contributed by atoms with Gasteiger partial charge in [-0.25, -0.2) is 0 Å². The zero-order valence-electron chi connectivity index (χ0n) is 35.6. The lowest BCUT2D eigenvalue weighted by molar-refractivity contribution is 0.0770. The van der Waals surface area contributed by atoms with Gasteiger partial charge in [0, 0.05) is 145 Å². The molecule has 0 spiro atoms. The van der Waals surface area contributed by atoms with Crippen LogP contribution in [-0.4, -0.2) is 145 Å². The molecule has 330 valence electrons. The Morgan fingerprint density at radius 1 is 0.0909 bits per heavy atom. The molecule has 0 atom stereocenters. The molecular formula is C44H88O11. The Labute approximate surface area is 338 Å². The van der Waals surface area contributed by atoms with Crippen molar-refractivity contribution in [3.8, 4) is 0 Å². The van der Waals surface area contributed by atoms with Crippen LogP contribution in [0.2, 0.25) is 0 Å². The summed E-state index contributed by atoms with van der Waals surface area (Å²) in [5.41, 5.74) is 0. The highest BCUT2D eigenvalue weighted by Crippen LogP contribution is 2.03. The van der Waals surface area contributed by atoms with E-state index in [2.05, 4.69) is 0 Å². The molecule has 11 nitrogen and oxygen atoms in total. The molecule has 1 rings (SSSR count). The van der Waals surface area contributed by atoms with E-state index in [0.29, 0.717) is 0 Å². The molecule has 1 fully saturated rings. The standard InChI is InChI=1S/C44H88O11/c1-2-24-46-26-5-6-28-48-30-9-10-32-50-34-13-14-36-52-38-17-18-40-54-42-21-22-44-55-43-20-19-41-53-39-16-15-37-51-35-12-11-33-49-31-8-7-29-47-27-4-3-25-45-23-1/h1-44H2. The summed E-state index contributed by atoms with van der Waals surface area (Å²) in [4.78, 5) is 0. The molecule has 0 bridgehead atoms. The van der Waals surface area contributed by atoms with Gasteiger partial charge < -0.3 is 52.1 Å². The second kappa shape index (κ2) is 49.7. The van der Waals surface area contributed by atoms with Crippen molar-refractivity contribution < 1.29 is 52.1 Å². The summed E-state index contributed by atoms with van der Waals surface area (Å²) in [6.07, 6.45) is 23.2. The van der Waals surface area contributed by atoms with Crippen molar-refractivity contribution in [3.63, 3.8) is 0 Å². The molecule has 0 aromatic heterocycles. The summed E-state index contributed by atoms with van der Waals surface area (Å²) < 4.78 is 63.4. The first-order valence-electron chi connectivity index (χ1n) is 22.9. The number of hydrogen-bond acceptors (Lipinski definition) is 11. The van der Waals surface area contributed by atoms with Crippen LogP contribution in [0.25, 0.3) is 0 Å². The Bertz CT molecular complexity index is 358. The average molecular weight is 793 g/mol. The quantitative estimate of drug-likeness (QED) is 0.235. The van der Waals surface area contributed by atoms with Gasteiger partial charge in [0.25, 0.3) is 0 Å². The molecule has 1 aliphatic rings. The largest absolute Gasteiger partial charge is 0.381 e. The zero-order chi connectivity index (χ0) is 38.9. The molecule has 0 aromatic carbocycles. The summed E-state index contributed by atoms with van der Waals surface area (Å²) in [6, 6.07) is 0. The Kier molecular flexibility index (Phi) is 47.5. The lowest BCUT2D eigenvalue weighted by atomic mass is 10.3.